The van der Waals surface area contributed by atoms with E-state index in [1.165, 1.54) is 6.42 Å². The van der Waals surface area contributed by atoms with Crippen LogP contribution in [0.25, 0.3) is 0 Å². The van der Waals surface area contributed by atoms with Gasteiger partial charge in [0.25, 0.3) is 5.91 Å². The first-order valence-corrected chi connectivity index (χ1v) is 5.95. The normalized spacial score (nSPS) is 43.3. The van der Waals surface area contributed by atoms with Crippen LogP contribution in [0.2, 0.25) is 0 Å². The molecule has 2 N–H and O–H groups in total. The molecule has 1 aliphatic carbocycles. The second-order valence-corrected chi connectivity index (χ2v) is 5.32. The Kier molecular flexibility index (Phi) is 2.01. The molecule has 0 aromatic carbocycles. The number of carbonyl (C=O) groups excluding carboxylic acids is 2. The molecule has 3 amide bonds. The Morgan fingerprint density at radius 1 is 1.25 bits per heavy atom. The Morgan fingerprint density at radius 3 is 2.38 bits per heavy atom. The highest BCUT2D eigenvalue weighted by Crippen LogP contribution is 2.43. The van der Waals surface area contributed by atoms with Crippen molar-refractivity contribution >= 4 is 11.9 Å². The number of rotatable bonds is 0. The Balaban J connectivity index is 1.99. The Labute approximate surface area is 94.6 Å². The molecule has 0 radical (unpaired) electrons. The van der Waals surface area contributed by atoms with E-state index in [0.29, 0.717) is 0 Å². The molecule has 1 saturated carbocycles. The fourth-order valence-electron chi connectivity index (χ4n) is 3.75. The van der Waals surface area contributed by atoms with Gasteiger partial charge in [-0.05, 0) is 19.9 Å². The summed E-state index contributed by atoms with van der Waals surface area (Å²) in [5, 5.41) is 5.33. The van der Waals surface area contributed by atoms with Crippen molar-refractivity contribution in [2.75, 3.05) is 20.1 Å². The summed E-state index contributed by atoms with van der Waals surface area (Å²) in [5.41, 5.74) is -0.595. The molecular formula is C11H17N3O2. The highest BCUT2D eigenvalue weighted by atomic mass is 16.2. The third kappa shape index (κ3) is 1.15. The summed E-state index contributed by atoms with van der Waals surface area (Å²) in [5.74, 6) is 0.452. The molecule has 2 heterocycles. The van der Waals surface area contributed by atoms with Crippen molar-refractivity contribution < 1.29 is 9.59 Å². The number of nitrogens with one attached hydrogen (secondary N) is 2. The topological polar surface area (TPSA) is 61.4 Å². The summed E-state index contributed by atoms with van der Waals surface area (Å²) in [4.78, 5) is 25.7. The molecule has 5 heteroatoms. The van der Waals surface area contributed by atoms with Gasteiger partial charge in [0.15, 0.2) is 0 Å². The average molecular weight is 223 g/mol. The quantitative estimate of drug-likeness (QED) is 0.565. The number of piperidine rings is 1. The van der Waals surface area contributed by atoms with Crippen LogP contribution in [-0.2, 0) is 4.79 Å². The van der Waals surface area contributed by atoms with E-state index in [1.807, 2.05) is 0 Å². The fourth-order valence-corrected chi connectivity index (χ4v) is 3.75. The van der Waals surface area contributed by atoms with Gasteiger partial charge in [0.1, 0.15) is 5.54 Å². The molecular weight excluding hydrogens is 206 g/mol. The molecule has 88 valence electrons. The molecule has 5 nitrogen and oxygen atoms in total. The minimum atomic E-state index is -0.595. The van der Waals surface area contributed by atoms with Crippen molar-refractivity contribution in [1.82, 2.24) is 15.5 Å². The number of carbonyl (C=O) groups is 2. The molecule has 0 aromatic rings. The molecule has 16 heavy (non-hydrogen) atoms. The lowest BCUT2D eigenvalue weighted by molar-refractivity contribution is -0.133. The van der Waals surface area contributed by atoms with Gasteiger partial charge < -0.3 is 10.2 Å². The predicted molar refractivity (Wildman–Crippen MR) is 57.7 cm³/mol. The molecule has 2 bridgehead atoms. The predicted octanol–water partition coefficient (Wildman–Crippen LogP) is -0.0737. The molecule has 3 rings (SSSR count). The number of imide groups is 1. The van der Waals surface area contributed by atoms with Crippen LogP contribution in [0.4, 0.5) is 4.79 Å². The zero-order valence-electron chi connectivity index (χ0n) is 9.45. The summed E-state index contributed by atoms with van der Waals surface area (Å²) in [7, 11) is 2.09. The lowest BCUT2D eigenvalue weighted by Crippen LogP contribution is -2.67. The van der Waals surface area contributed by atoms with Crippen LogP contribution in [0, 0.1) is 11.8 Å². The van der Waals surface area contributed by atoms with Gasteiger partial charge in [-0.25, -0.2) is 4.79 Å². The number of likely N-dealkylation sites (tertiary alicyclic amines) is 1. The molecule has 0 unspecified atom stereocenters. The van der Waals surface area contributed by atoms with E-state index in [0.717, 1.165) is 25.9 Å². The van der Waals surface area contributed by atoms with Gasteiger partial charge in [0.2, 0.25) is 0 Å². The van der Waals surface area contributed by atoms with Gasteiger partial charge in [0.05, 0.1) is 0 Å². The van der Waals surface area contributed by atoms with Crippen LogP contribution >= 0.6 is 0 Å². The van der Waals surface area contributed by atoms with E-state index in [-0.39, 0.29) is 23.8 Å². The lowest BCUT2D eigenvalue weighted by Gasteiger charge is -2.51. The first-order chi connectivity index (χ1) is 7.63. The third-order valence-corrected chi connectivity index (χ3v) is 4.38. The maximum Gasteiger partial charge on any atom is 0.322 e. The number of nitrogens with zero attached hydrogens (tertiary/aromatic N) is 1. The number of amides is 3. The van der Waals surface area contributed by atoms with E-state index >= 15 is 0 Å². The van der Waals surface area contributed by atoms with Crippen LogP contribution < -0.4 is 10.6 Å². The minimum absolute atomic E-state index is 0.0969. The third-order valence-electron chi connectivity index (χ3n) is 4.38. The van der Waals surface area contributed by atoms with Crippen molar-refractivity contribution in [2.45, 2.75) is 24.8 Å². The first kappa shape index (κ1) is 10.1. The minimum Gasteiger partial charge on any atom is -0.323 e. The molecule has 2 atom stereocenters. The largest absolute Gasteiger partial charge is 0.323 e. The van der Waals surface area contributed by atoms with Crippen LogP contribution in [0.15, 0.2) is 0 Å². The van der Waals surface area contributed by atoms with E-state index in [2.05, 4.69) is 22.6 Å². The highest BCUT2D eigenvalue weighted by Gasteiger charge is 2.60. The van der Waals surface area contributed by atoms with Gasteiger partial charge in [-0.2, -0.15) is 0 Å². The monoisotopic (exact) mass is 223 g/mol. The Morgan fingerprint density at radius 2 is 1.88 bits per heavy atom. The first-order valence-electron chi connectivity index (χ1n) is 5.95. The van der Waals surface area contributed by atoms with Crippen LogP contribution in [0.3, 0.4) is 0 Å². The Hall–Kier alpha value is -1.10. The van der Waals surface area contributed by atoms with Crippen LogP contribution in [0.5, 0.6) is 0 Å². The van der Waals surface area contributed by atoms with E-state index in [1.54, 1.807) is 0 Å². The van der Waals surface area contributed by atoms with Crippen molar-refractivity contribution in [2.24, 2.45) is 11.8 Å². The smallest absolute Gasteiger partial charge is 0.322 e. The maximum absolute atomic E-state index is 12.1. The molecule has 1 spiro atoms. The van der Waals surface area contributed by atoms with E-state index < -0.39 is 5.54 Å². The van der Waals surface area contributed by atoms with E-state index in [9.17, 15) is 9.59 Å². The maximum atomic E-state index is 12.1. The second kappa shape index (κ2) is 3.20. The zero-order chi connectivity index (χ0) is 11.3. The molecule has 3 aliphatic rings. The Bertz CT molecular complexity index is 341. The van der Waals surface area contributed by atoms with Gasteiger partial charge in [-0.1, -0.05) is 6.42 Å². The molecule has 0 aromatic heterocycles. The number of hydrogen-bond acceptors (Lipinski definition) is 3. The van der Waals surface area contributed by atoms with E-state index in [4.69, 9.17) is 0 Å². The number of hydrogen-bond donors (Lipinski definition) is 2. The summed E-state index contributed by atoms with van der Waals surface area (Å²) in [6.45, 7) is 1.81. The number of urea groups is 1. The average Bonchev–Trinajstić information content (AvgIpc) is 2.46. The van der Waals surface area contributed by atoms with Crippen molar-refractivity contribution in [1.29, 1.82) is 0 Å². The van der Waals surface area contributed by atoms with Gasteiger partial charge in [-0.15, -0.1) is 0 Å². The summed E-state index contributed by atoms with van der Waals surface area (Å²) in [6.07, 6.45) is 3.25. The second-order valence-electron chi connectivity index (χ2n) is 5.32. The standard InChI is InChI=1S/C11H17N3O2/c1-14-5-7-3-2-4-8(6-14)11(7)9(15)12-10(16)13-11/h7-8H,2-6H2,1H3,(H2,12,13,15,16)/t7-,8-/m1/s1. The SMILES string of the molecule is CN1C[C@H]2CCC[C@H](C1)C21NC(=O)NC1=O. The van der Waals surface area contributed by atoms with Gasteiger partial charge in [-0.3, -0.25) is 10.1 Å². The van der Waals surface area contributed by atoms with Crippen LogP contribution in [-0.4, -0.2) is 42.5 Å². The van der Waals surface area contributed by atoms with Crippen molar-refractivity contribution in [3.05, 3.63) is 0 Å². The summed E-state index contributed by atoms with van der Waals surface area (Å²) >= 11 is 0. The fraction of sp³-hybridized carbons (Fsp3) is 0.818. The molecule has 2 saturated heterocycles. The zero-order valence-corrected chi connectivity index (χ0v) is 9.45. The lowest BCUT2D eigenvalue weighted by atomic mass is 9.63. The summed E-state index contributed by atoms with van der Waals surface area (Å²) in [6, 6.07) is -0.313. The highest BCUT2D eigenvalue weighted by molar-refractivity contribution is 6.07. The van der Waals surface area contributed by atoms with Crippen LogP contribution in [0.1, 0.15) is 19.3 Å². The summed E-state index contributed by atoms with van der Waals surface area (Å²) < 4.78 is 0. The van der Waals surface area contributed by atoms with Gasteiger partial charge in [0, 0.05) is 24.9 Å². The van der Waals surface area contributed by atoms with Gasteiger partial charge >= 0.3 is 6.03 Å². The molecule has 3 fully saturated rings. The van der Waals surface area contributed by atoms with Crippen molar-refractivity contribution in [3.8, 4) is 0 Å². The molecule has 2 aliphatic heterocycles. The van der Waals surface area contributed by atoms with Crippen molar-refractivity contribution in [3.63, 3.8) is 0 Å².